The quantitative estimate of drug-likeness (QED) is 0.343. The molecule has 0 radical (unpaired) electrons. The van der Waals surface area contributed by atoms with Gasteiger partial charge < -0.3 is 9.77 Å². The molecule has 0 bridgehead atoms. The van der Waals surface area contributed by atoms with Gasteiger partial charge in [0.2, 0.25) is 0 Å². The van der Waals surface area contributed by atoms with E-state index in [1.54, 1.807) is 18.2 Å². The van der Waals surface area contributed by atoms with E-state index >= 15 is 0 Å². The molecule has 1 unspecified atom stereocenters. The average molecular weight is 380 g/mol. The Bertz CT molecular complexity index is 919. The molecule has 0 aliphatic carbocycles. The van der Waals surface area contributed by atoms with Crippen molar-refractivity contribution in [3.63, 3.8) is 0 Å². The second-order valence-electron chi connectivity index (χ2n) is 6.29. The van der Waals surface area contributed by atoms with Crippen molar-refractivity contribution in [1.29, 1.82) is 0 Å². The number of hydrogen-bond donors (Lipinski definition) is 0. The van der Waals surface area contributed by atoms with E-state index in [1.165, 1.54) is 18.0 Å². The van der Waals surface area contributed by atoms with Crippen molar-refractivity contribution in [1.82, 2.24) is 4.57 Å². The third kappa shape index (κ3) is 3.74. The van der Waals surface area contributed by atoms with Crippen molar-refractivity contribution in [2.45, 2.75) is 31.3 Å². The molecule has 1 atom stereocenters. The summed E-state index contributed by atoms with van der Waals surface area (Å²) in [5.41, 5.74) is 2.29. The first kappa shape index (κ1) is 18.0. The average Bonchev–Trinajstić information content (AvgIpc) is 3.05. The van der Waals surface area contributed by atoms with E-state index in [0.29, 0.717) is 17.0 Å². The number of ketones is 1. The molecule has 1 fully saturated rings. The number of nitrogens with zero attached hydrogens (tertiary/aromatic N) is 2. The van der Waals surface area contributed by atoms with E-state index in [1.807, 2.05) is 24.5 Å². The van der Waals surface area contributed by atoms with Gasteiger partial charge in [-0.05, 0) is 44.2 Å². The Balaban J connectivity index is 1.78. The SMILES string of the molecule is Cc1cc(C(=O)CSc2cccc[n+]2[O-])c(C)n1C1CCS(=O)(=O)C1. The van der Waals surface area contributed by atoms with E-state index in [2.05, 4.69) is 0 Å². The molecule has 1 aliphatic heterocycles. The number of thioether (sulfide) groups is 1. The smallest absolute Gasteiger partial charge is 0.251 e. The summed E-state index contributed by atoms with van der Waals surface area (Å²) in [5, 5.41) is 12.1. The van der Waals surface area contributed by atoms with Crippen LogP contribution in [0.1, 0.15) is 34.2 Å². The predicted octanol–water partition coefficient (Wildman–Crippen LogP) is 2.07. The molecule has 0 spiro atoms. The summed E-state index contributed by atoms with van der Waals surface area (Å²) in [4.78, 5) is 12.6. The van der Waals surface area contributed by atoms with Gasteiger partial charge in [0.25, 0.3) is 5.03 Å². The number of carbonyl (C=O) groups is 1. The van der Waals surface area contributed by atoms with Crippen molar-refractivity contribution < 1.29 is 17.9 Å². The zero-order valence-corrected chi connectivity index (χ0v) is 15.8. The normalized spacial score (nSPS) is 19.2. The van der Waals surface area contributed by atoms with Crippen molar-refractivity contribution >= 4 is 27.4 Å². The van der Waals surface area contributed by atoms with Crippen LogP contribution in [0.4, 0.5) is 0 Å². The maximum atomic E-state index is 12.6. The van der Waals surface area contributed by atoms with Crippen LogP contribution < -0.4 is 4.73 Å². The molecule has 6 nitrogen and oxygen atoms in total. The Kier molecular flexibility index (Phi) is 4.92. The van der Waals surface area contributed by atoms with Crippen LogP contribution in [0.25, 0.3) is 0 Å². The number of carbonyl (C=O) groups excluding carboxylic acids is 1. The molecular formula is C17H20N2O4S2. The number of rotatable bonds is 5. The minimum Gasteiger partial charge on any atom is -0.618 e. The van der Waals surface area contributed by atoms with Gasteiger partial charge in [0.15, 0.2) is 21.8 Å². The highest BCUT2D eigenvalue weighted by molar-refractivity contribution is 7.99. The summed E-state index contributed by atoms with van der Waals surface area (Å²) in [6, 6.07) is 6.80. The van der Waals surface area contributed by atoms with E-state index in [4.69, 9.17) is 0 Å². The zero-order valence-electron chi connectivity index (χ0n) is 14.1. The summed E-state index contributed by atoms with van der Waals surface area (Å²) in [5.74, 6) is 0.436. The Hall–Kier alpha value is -1.80. The highest BCUT2D eigenvalue weighted by Crippen LogP contribution is 2.29. The second kappa shape index (κ2) is 6.84. The Morgan fingerprint density at radius 3 is 2.80 bits per heavy atom. The Labute approximate surface area is 151 Å². The molecule has 0 aromatic carbocycles. The number of aryl methyl sites for hydroxylation is 1. The molecule has 8 heteroatoms. The van der Waals surface area contributed by atoms with Crippen LogP contribution in [-0.4, -0.2) is 36.0 Å². The fourth-order valence-electron chi connectivity index (χ4n) is 3.34. The lowest BCUT2D eigenvalue weighted by Crippen LogP contribution is -2.28. The molecule has 1 saturated heterocycles. The van der Waals surface area contributed by atoms with Gasteiger partial charge in [0.05, 0.1) is 17.3 Å². The molecule has 2 aromatic rings. The van der Waals surface area contributed by atoms with Crippen molar-refractivity contribution in [2.75, 3.05) is 17.3 Å². The maximum Gasteiger partial charge on any atom is 0.251 e. The summed E-state index contributed by atoms with van der Waals surface area (Å²) in [6.07, 6.45) is 1.99. The van der Waals surface area contributed by atoms with E-state index in [-0.39, 0.29) is 29.1 Å². The van der Waals surface area contributed by atoms with E-state index in [9.17, 15) is 18.4 Å². The van der Waals surface area contributed by atoms with Crippen LogP contribution in [0.2, 0.25) is 0 Å². The van der Waals surface area contributed by atoms with Gasteiger partial charge in [0, 0.05) is 35.1 Å². The van der Waals surface area contributed by atoms with Crippen LogP contribution in [-0.2, 0) is 9.84 Å². The van der Waals surface area contributed by atoms with Gasteiger partial charge in [-0.3, -0.25) is 4.79 Å². The Morgan fingerprint density at radius 1 is 1.40 bits per heavy atom. The first-order valence-corrected chi connectivity index (χ1v) is 10.8. The van der Waals surface area contributed by atoms with Gasteiger partial charge >= 0.3 is 0 Å². The third-order valence-electron chi connectivity index (χ3n) is 4.50. The molecule has 0 amide bonds. The van der Waals surface area contributed by atoms with Crippen LogP contribution in [0.3, 0.4) is 0 Å². The van der Waals surface area contributed by atoms with Gasteiger partial charge in [-0.15, -0.1) is 0 Å². The van der Waals surface area contributed by atoms with Crippen LogP contribution >= 0.6 is 11.8 Å². The lowest BCUT2D eigenvalue weighted by molar-refractivity contribution is -0.645. The lowest BCUT2D eigenvalue weighted by atomic mass is 10.2. The van der Waals surface area contributed by atoms with Crippen molar-refractivity contribution in [3.8, 4) is 0 Å². The standard InChI is InChI=1S/C17H20N2O4S2/c1-12-9-15(13(2)19(12)14-6-8-25(22,23)11-14)16(20)10-24-17-5-3-4-7-18(17)21/h3-5,7,9,14H,6,8,10-11H2,1-2H3. The number of sulfone groups is 1. The molecule has 3 heterocycles. The van der Waals surface area contributed by atoms with Crippen LogP contribution in [0.15, 0.2) is 35.5 Å². The number of pyridine rings is 1. The van der Waals surface area contributed by atoms with Gasteiger partial charge in [-0.2, -0.15) is 4.73 Å². The summed E-state index contributed by atoms with van der Waals surface area (Å²) in [7, 11) is -2.99. The highest BCUT2D eigenvalue weighted by Gasteiger charge is 2.31. The largest absolute Gasteiger partial charge is 0.618 e. The second-order valence-corrected chi connectivity index (χ2v) is 9.51. The topological polar surface area (TPSA) is 83.1 Å². The molecule has 3 rings (SSSR count). The molecule has 1 aliphatic rings. The first-order valence-electron chi connectivity index (χ1n) is 8.01. The third-order valence-corrected chi connectivity index (χ3v) is 7.27. The molecular weight excluding hydrogens is 360 g/mol. The van der Waals surface area contributed by atoms with E-state index < -0.39 is 9.84 Å². The molecule has 0 saturated carbocycles. The number of aromatic nitrogens is 2. The summed E-state index contributed by atoms with van der Waals surface area (Å²) >= 11 is 1.20. The molecule has 134 valence electrons. The van der Waals surface area contributed by atoms with Crippen molar-refractivity contribution in [3.05, 3.63) is 52.6 Å². The predicted molar refractivity (Wildman–Crippen MR) is 96.7 cm³/mol. The van der Waals surface area contributed by atoms with E-state index in [0.717, 1.165) is 16.1 Å². The van der Waals surface area contributed by atoms with Gasteiger partial charge in [-0.1, -0.05) is 0 Å². The molecule has 0 N–H and O–H groups in total. The molecule has 2 aromatic heterocycles. The lowest BCUT2D eigenvalue weighted by Gasteiger charge is -2.16. The number of Topliss-reactive ketones (excluding diaryl/α,β-unsaturated/α-hetero) is 1. The fourth-order valence-corrected chi connectivity index (χ4v) is 5.84. The number of hydrogen-bond acceptors (Lipinski definition) is 5. The van der Waals surface area contributed by atoms with Gasteiger partial charge in [0.1, 0.15) is 0 Å². The fraction of sp³-hybridized carbons (Fsp3) is 0.412. The highest BCUT2D eigenvalue weighted by atomic mass is 32.2. The van der Waals surface area contributed by atoms with Crippen LogP contribution in [0, 0.1) is 19.1 Å². The van der Waals surface area contributed by atoms with Crippen LogP contribution in [0.5, 0.6) is 0 Å². The monoisotopic (exact) mass is 380 g/mol. The van der Waals surface area contributed by atoms with Gasteiger partial charge in [-0.25, -0.2) is 8.42 Å². The minimum absolute atomic E-state index is 0.0611. The zero-order chi connectivity index (χ0) is 18.2. The van der Waals surface area contributed by atoms with Crippen molar-refractivity contribution in [2.24, 2.45) is 0 Å². The summed E-state index contributed by atoms with van der Waals surface area (Å²) in [6.45, 7) is 3.75. The minimum atomic E-state index is -2.99. The summed E-state index contributed by atoms with van der Waals surface area (Å²) < 4.78 is 26.2. The first-order chi connectivity index (χ1) is 11.8. The molecule has 25 heavy (non-hydrogen) atoms. The maximum absolute atomic E-state index is 12.6. The Morgan fingerprint density at radius 2 is 2.16 bits per heavy atom.